The summed E-state index contributed by atoms with van der Waals surface area (Å²) in [5, 5.41) is 13.4. The van der Waals surface area contributed by atoms with Crippen LogP contribution in [0.3, 0.4) is 0 Å². The van der Waals surface area contributed by atoms with E-state index in [0.29, 0.717) is 34.2 Å². The van der Waals surface area contributed by atoms with Crippen molar-refractivity contribution in [2.24, 2.45) is 0 Å². The average molecular weight is 450 g/mol. The predicted molar refractivity (Wildman–Crippen MR) is 121 cm³/mol. The highest BCUT2D eigenvalue weighted by molar-refractivity contribution is 7.87. The van der Waals surface area contributed by atoms with Crippen molar-refractivity contribution in [3.63, 3.8) is 0 Å². The Morgan fingerprint density at radius 2 is 1.65 bits per heavy atom. The molecule has 0 aliphatic rings. The molecule has 8 nitrogen and oxygen atoms in total. The molecule has 31 heavy (non-hydrogen) atoms. The monoisotopic (exact) mass is 449 g/mol. The summed E-state index contributed by atoms with van der Waals surface area (Å²) < 4.78 is 34.0. The van der Waals surface area contributed by atoms with E-state index in [1.807, 2.05) is 6.07 Å². The fourth-order valence-electron chi connectivity index (χ4n) is 2.84. The molecule has 168 valence electrons. The van der Waals surface area contributed by atoms with Crippen LogP contribution in [0.1, 0.15) is 17.5 Å². The molecule has 2 aromatic carbocycles. The van der Waals surface area contributed by atoms with E-state index < -0.39 is 16.8 Å². The zero-order valence-corrected chi connectivity index (χ0v) is 18.8. The predicted octanol–water partition coefficient (Wildman–Crippen LogP) is 3.53. The van der Waals surface area contributed by atoms with Crippen LogP contribution in [0.4, 0.5) is 5.69 Å². The van der Waals surface area contributed by atoms with E-state index >= 15 is 0 Å². The number of nitrogens with one attached hydrogen (secondary N) is 1. The second kappa shape index (κ2) is 11.8. The van der Waals surface area contributed by atoms with Crippen LogP contribution in [0.5, 0.6) is 23.0 Å². The number of aliphatic carboxylic acids is 1. The molecule has 0 aliphatic carbocycles. The summed E-state index contributed by atoms with van der Waals surface area (Å²) in [4.78, 5) is 10.7. The van der Waals surface area contributed by atoms with Gasteiger partial charge in [0, 0.05) is 24.1 Å². The van der Waals surface area contributed by atoms with Crippen molar-refractivity contribution in [1.29, 1.82) is 0 Å². The number of hydrogen-bond donors (Lipinski definition) is 2. The topological polar surface area (TPSA) is 103 Å². The van der Waals surface area contributed by atoms with Gasteiger partial charge in [-0.25, -0.2) is 0 Å². The Kier molecular flexibility index (Phi) is 9.20. The summed E-state index contributed by atoms with van der Waals surface area (Å²) in [5.41, 5.74) is 2.13. The smallest absolute Gasteiger partial charge is 0.305 e. The number of methoxy groups -OCH3 is 4. The van der Waals surface area contributed by atoms with Gasteiger partial charge in [0.15, 0.2) is 0 Å². The lowest BCUT2D eigenvalue weighted by Gasteiger charge is -2.13. The van der Waals surface area contributed by atoms with Gasteiger partial charge in [0.05, 0.1) is 62.7 Å². The fraction of sp³-hybridized carbons (Fsp3) is 0.318. The van der Waals surface area contributed by atoms with Crippen molar-refractivity contribution in [2.75, 3.05) is 40.3 Å². The maximum absolute atomic E-state index is 12.7. The highest BCUT2D eigenvalue weighted by Crippen LogP contribution is 2.35. The Morgan fingerprint density at radius 3 is 2.19 bits per heavy atom. The largest absolute Gasteiger partial charge is 0.496 e. The minimum absolute atomic E-state index is 0.0203. The molecule has 1 unspecified atom stereocenters. The number of ether oxygens (including phenoxy) is 4. The summed E-state index contributed by atoms with van der Waals surface area (Å²) in [7, 11) is 4.86. The molecule has 0 fully saturated rings. The van der Waals surface area contributed by atoms with Gasteiger partial charge < -0.3 is 29.4 Å². The molecular weight excluding hydrogens is 422 g/mol. The molecule has 0 aromatic heterocycles. The van der Waals surface area contributed by atoms with E-state index in [1.54, 1.807) is 57.1 Å². The maximum atomic E-state index is 12.7. The molecule has 0 bridgehead atoms. The highest BCUT2D eigenvalue weighted by Gasteiger charge is 2.12. The maximum Gasteiger partial charge on any atom is 0.305 e. The summed E-state index contributed by atoms with van der Waals surface area (Å²) in [6.07, 6.45) is 1.68. The average Bonchev–Trinajstić information content (AvgIpc) is 2.77. The third-order valence-electron chi connectivity index (χ3n) is 4.37. The van der Waals surface area contributed by atoms with E-state index in [4.69, 9.17) is 24.1 Å². The Balaban J connectivity index is 2.17. The van der Waals surface area contributed by atoms with Crippen LogP contribution in [0.2, 0.25) is 0 Å². The number of carboxylic acids is 1. The standard InChI is InChI=1S/C22H27NO7S/c1-27-16-12-20(29-3)17(21(13-16)30-4)8-10-31(26)14-15-5-6-19(28-2)18(11-15)23-9-7-22(24)25/h5-6,8,10-13,23H,7,9,14H2,1-4H3,(H,24,25)/b10-8+. The summed E-state index contributed by atoms with van der Waals surface area (Å²) in [5.74, 6) is 1.64. The van der Waals surface area contributed by atoms with Crippen molar-refractivity contribution in [3.05, 3.63) is 46.9 Å². The van der Waals surface area contributed by atoms with Crippen LogP contribution >= 0.6 is 0 Å². The van der Waals surface area contributed by atoms with Crippen molar-refractivity contribution >= 4 is 28.5 Å². The van der Waals surface area contributed by atoms with Crippen molar-refractivity contribution in [3.8, 4) is 23.0 Å². The molecule has 2 N–H and O–H groups in total. The Morgan fingerprint density at radius 1 is 1.00 bits per heavy atom. The molecule has 0 saturated heterocycles. The molecule has 0 spiro atoms. The van der Waals surface area contributed by atoms with Crippen LogP contribution in [-0.2, 0) is 21.3 Å². The molecule has 0 amide bonds. The lowest BCUT2D eigenvalue weighted by atomic mass is 10.1. The van der Waals surface area contributed by atoms with E-state index in [2.05, 4.69) is 5.32 Å². The van der Waals surface area contributed by atoms with Gasteiger partial charge in [-0.1, -0.05) is 6.07 Å². The van der Waals surface area contributed by atoms with Crippen molar-refractivity contribution in [2.45, 2.75) is 12.2 Å². The summed E-state index contributed by atoms with van der Waals surface area (Å²) >= 11 is 0. The zero-order chi connectivity index (χ0) is 22.8. The molecule has 0 heterocycles. The van der Waals surface area contributed by atoms with Gasteiger partial charge in [-0.3, -0.25) is 9.00 Å². The van der Waals surface area contributed by atoms with Crippen molar-refractivity contribution < 1.29 is 33.1 Å². The van der Waals surface area contributed by atoms with Gasteiger partial charge in [-0.2, -0.15) is 0 Å². The first-order valence-electron chi connectivity index (χ1n) is 9.39. The number of hydrogen-bond acceptors (Lipinski definition) is 7. The molecule has 1 atom stereocenters. The van der Waals surface area contributed by atoms with E-state index in [9.17, 15) is 9.00 Å². The van der Waals surface area contributed by atoms with Crippen LogP contribution in [0.15, 0.2) is 35.7 Å². The van der Waals surface area contributed by atoms with Crippen LogP contribution in [0, 0.1) is 0 Å². The third-order valence-corrected chi connectivity index (χ3v) is 5.42. The summed E-state index contributed by atoms with van der Waals surface area (Å²) in [6, 6.07) is 8.84. The lowest BCUT2D eigenvalue weighted by Crippen LogP contribution is -2.08. The fourth-order valence-corrected chi connectivity index (χ4v) is 3.73. The van der Waals surface area contributed by atoms with Gasteiger partial charge in [0.25, 0.3) is 0 Å². The molecule has 9 heteroatoms. The van der Waals surface area contributed by atoms with Gasteiger partial charge in [-0.15, -0.1) is 0 Å². The van der Waals surface area contributed by atoms with Crippen LogP contribution in [0.25, 0.3) is 6.08 Å². The number of rotatable bonds is 12. The molecule has 0 radical (unpaired) electrons. The molecule has 2 aromatic rings. The minimum atomic E-state index is -1.31. The van der Waals surface area contributed by atoms with E-state index in [1.165, 1.54) is 7.11 Å². The van der Waals surface area contributed by atoms with E-state index in [0.717, 1.165) is 5.56 Å². The molecule has 0 saturated carbocycles. The van der Waals surface area contributed by atoms with Crippen molar-refractivity contribution in [1.82, 2.24) is 0 Å². The highest BCUT2D eigenvalue weighted by atomic mass is 32.2. The third kappa shape index (κ3) is 6.92. The second-order valence-electron chi connectivity index (χ2n) is 6.38. The summed E-state index contributed by atoms with van der Waals surface area (Å²) in [6.45, 7) is 0.259. The SMILES string of the molecule is COc1cc(OC)c(/C=C/S(=O)Cc2ccc(OC)c(NCCC(=O)O)c2)c(OC)c1. The Labute approximate surface area is 184 Å². The molecule has 2 rings (SSSR count). The minimum Gasteiger partial charge on any atom is -0.496 e. The van der Waals surface area contributed by atoms with Gasteiger partial charge in [0.1, 0.15) is 23.0 Å². The lowest BCUT2D eigenvalue weighted by molar-refractivity contribution is -0.136. The van der Waals surface area contributed by atoms with Gasteiger partial charge in [-0.05, 0) is 23.8 Å². The number of carboxylic acid groups (broad SMARTS) is 1. The second-order valence-corrected chi connectivity index (χ2v) is 7.70. The molecular formula is C22H27NO7S. The first-order chi connectivity index (χ1) is 14.9. The first kappa shape index (κ1) is 24.1. The number of anilines is 1. The zero-order valence-electron chi connectivity index (χ0n) is 18.0. The normalized spacial score (nSPS) is 11.7. The van der Waals surface area contributed by atoms with Crippen LogP contribution < -0.4 is 24.3 Å². The number of benzene rings is 2. The van der Waals surface area contributed by atoms with Gasteiger partial charge in [0.2, 0.25) is 0 Å². The first-order valence-corrected chi connectivity index (χ1v) is 10.8. The van der Waals surface area contributed by atoms with E-state index in [-0.39, 0.29) is 18.7 Å². The quantitative estimate of drug-likeness (QED) is 0.507. The Hall–Kier alpha value is -3.20. The van der Waals surface area contributed by atoms with Gasteiger partial charge >= 0.3 is 5.97 Å². The number of carbonyl (C=O) groups is 1. The Bertz CT molecular complexity index is 934. The van der Waals surface area contributed by atoms with Crippen LogP contribution in [-0.4, -0.2) is 50.3 Å². The molecule has 0 aliphatic heterocycles.